The van der Waals surface area contributed by atoms with Crippen molar-refractivity contribution in [3.63, 3.8) is 0 Å². The molecule has 2 aromatic heterocycles. The van der Waals surface area contributed by atoms with E-state index in [0.717, 1.165) is 25.5 Å². The Morgan fingerprint density at radius 2 is 1.52 bits per heavy atom. The monoisotopic (exact) mass is 499 g/mol. The van der Waals surface area contributed by atoms with Gasteiger partial charge in [-0.2, -0.15) is 15.0 Å². The van der Waals surface area contributed by atoms with Crippen molar-refractivity contribution >= 4 is 29.5 Å². The quantitative estimate of drug-likeness (QED) is 0.281. The van der Waals surface area contributed by atoms with Crippen LogP contribution in [0.5, 0.6) is 0 Å². The first kappa shape index (κ1) is 26.8. The fourth-order valence-electron chi connectivity index (χ4n) is 2.74. The van der Waals surface area contributed by atoms with E-state index < -0.39 is 29.3 Å². The largest absolute Gasteiger partial charge is 0.391 e. The number of nitrogens with zero attached hydrogens (tertiary/aromatic N) is 7. The summed E-state index contributed by atoms with van der Waals surface area (Å²) in [4.78, 5) is 52.9. The van der Waals surface area contributed by atoms with E-state index in [9.17, 15) is 24.6 Å². The van der Waals surface area contributed by atoms with Crippen LogP contribution in [0.1, 0.15) is 13.3 Å². The van der Waals surface area contributed by atoms with Crippen LogP contribution in [0.4, 0.5) is 5.95 Å². The molecule has 0 bridgehead atoms. The van der Waals surface area contributed by atoms with Crippen LogP contribution >= 0.6 is 23.5 Å². The molecule has 0 saturated carbocycles. The van der Waals surface area contributed by atoms with Gasteiger partial charge in [-0.3, -0.25) is 0 Å². The molecule has 2 N–H and O–H groups in total. The number of thioether (sulfide) groups is 2. The number of hydrogen-bond donors (Lipinski definition) is 2. The van der Waals surface area contributed by atoms with Gasteiger partial charge in [-0.05, 0) is 12.7 Å². The van der Waals surface area contributed by atoms with Crippen molar-refractivity contribution in [2.75, 3.05) is 31.0 Å². The second-order valence-corrected chi connectivity index (χ2v) is 9.05. The molecule has 12 nitrogen and oxygen atoms in total. The normalized spacial score (nSPS) is 13.0. The minimum absolute atomic E-state index is 0.0920. The molecule has 2 rings (SSSR count). The maximum atomic E-state index is 12.8. The molecule has 0 fully saturated rings. The van der Waals surface area contributed by atoms with E-state index in [2.05, 4.69) is 21.5 Å². The van der Waals surface area contributed by atoms with E-state index in [1.54, 1.807) is 25.9 Å². The number of aromatic nitrogens is 6. The summed E-state index contributed by atoms with van der Waals surface area (Å²) in [7, 11) is 3.60. The molecule has 0 amide bonds. The van der Waals surface area contributed by atoms with Gasteiger partial charge in [0.1, 0.15) is 0 Å². The zero-order valence-corrected chi connectivity index (χ0v) is 20.7. The summed E-state index contributed by atoms with van der Waals surface area (Å²) < 4.78 is 2.44. The van der Waals surface area contributed by atoms with E-state index in [1.807, 2.05) is 6.26 Å². The predicted octanol–water partition coefficient (Wildman–Crippen LogP) is -0.745. The highest BCUT2D eigenvalue weighted by atomic mass is 32.2. The van der Waals surface area contributed by atoms with Crippen LogP contribution in [0.3, 0.4) is 0 Å². The van der Waals surface area contributed by atoms with Crippen LogP contribution in [-0.4, -0.2) is 77.2 Å². The van der Waals surface area contributed by atoms with Gasteiger partial charge in [0.2, 0.25) is 5.95 Å². The summed E-state index contributed by atoms with van der Waals surface area (Å²) in [5.41, 5.74) is -2.57. The van der Waals surface area contributed by atoms with Crippen molar-refractivity contribution in [3.05, 3.63) is 44.1 Å². The van der Waals surface area contributed by atoms with Crippen molar-refractivity contribution in [2.45, 2.75) is 55.5 Å². The topological polar surface area (TPSA) is 148 Å². The lowest BCUT2D eigenvalue weighted by atomic mass is 10.3. The van der Waals surface area contributed by atoms with Gasteiger partial charge in [-0.15, -0.1) is 6.58 Å². The number of rotatable bonds is 12. The van der Waals surface area contributed by atoms with E-state index >= 15 is 0 Å². The van der Waals surface area contributed by atoms with Gasteiger partial charge < -0.3 is 15.1 Å². The lowest BCUT2D eigenvalue weighted by molar-refractivity contribution is 0.140. The van der Waals surface area contributed by atoms with Crippen LogP contribution in [-0.2, 0) is 19.6 Å². The molecule has 182 valence electrons. The Morgan fingerprint density at radius 1 is 0.970 bits per heavy atom. The Labute approximate surface area is 199 Å². The van der Waals surface area contributed by atoms with Gasteiger partial charge in [-0.1, -0.05) is 36.5 Å². The molecular formula is C19H29N7O5S2. The maximum absolute atomic E-state index is 12.8. The summed E-state index contributed by atoms with van der Waals surface area (Å²) in [5.74, 6) is 0.561. The van der Waals surface area contributed by atoms with Gasteiger partial charge in [0.25, 0.3) is 0 Å². The molecule has 0 radical (unpaired) electrons. The van der Waals surface area contributed by atoms with Gasteiger partial charge in [0.15, 0.2) is 10.3 Å². The Hall–Kier alpha value is -2.42. The molecule has 2 heterocycles. The number of hydrogen-bond acceptors (Lipinski definition) is 11. The highest BCUT2D eigenvalue weighted by molar-refractivity contribution is 7.99. The predicted molar refractivity (Wildman–Crippen MR) is 128 cm³/mol. The van der Waals surface area contributed by atoms with Crippen LogP contribution in [0.25, 0.3) is 0 Å². The lowest BCUT2D eigenvalue weighted by Gasteiger charge is -2.17. The van der Waals surface area contributed by atoms with Gasteiger partial charge >= 0.3 is 17.1 Å². The highest BCUT2D eigenvalue weighted by Gasteiger charge is 2.19. The summed E-state index contributed by atoms with van der Waals surface area (Å²) in [6.45, 7) is 4.53. The first-order chi connectivity index (χ1) is 15.6. The van der Waals surface area contributed by atoms with Crippen molar-refractivity contribution in [3.8, 4) is 0 Å². The number of aliphatic hydroxyl groups is 2. The molecule has 0 aliphatic heterocycles. The molecule has 0 aliphatic rings. The smallest absolute Gasteiger partial charge is 0.336 e. The van der Waals surface area contributed by atoms with E-state index in [-0.39, 0.29) is 25.4 Å². The Bertz CT molecular complexity index is 1140. The molecule has 2 aromatic rings. The van der Waals surface area contributed by atoms with Gasteiger partial charge in [0.05, 0.1) is 31.8 Å². The minimum Gasteiger partial charge on any atom is -0.391 e. The third-order valence-electron chi connectivity index (χ3n) is 4.52. The summed E-state index contributed by atoms with van der Waals surface area (Å²) in [6, 6.07) is 0. The number of anilines is 1. The SMILES string of the molecule is C=CCn1c(=O)n(CC(O)CC)c(=O)n(CC(O)CSc2nc(SC)nc(N(C)C)n2)c1=O. The summed E-state index contributed by atoms with van der Waals surface area (Å²) >= 11 is 2.51. The van der Waals surface area contributed by atoms with E-state index in [4.69, 9.17) is 0 Å². The van der Waals surface area contributed by atoms with Crippen molar-refractivity contribution < 1.29 is 10.2 Å². The molecule has 0 spiro atoms. The fourth-order valence-corrected chi connectivity index (χ4v) is 3.89. The number of aliphatic hydroxyl groups excluding tert-OH is 2. The summed E-state index contributed by atoms with van der Waals surface area (Å²) in [6.07, 6.45) is 1.47. The molecule has 0 aliphatic carbocycles. The van der Waals surface area contributed by atoms with Crippen LogP contribution in [0, 0.1) is 0 Å². The fraction of sp³-hybridized carbons (Fsp3) is 0.579. The first-order valence-electron chi connectivity index (χ1n) is 10.1. The third-order valence-corrected chi connectivity index (χ3v) is 6.06. The Kier molecular flexibility index (Phi) is 9.88. The third kappa shape index (κ3) is 6.79. The van der Waals surface area contributed by atoms with Crippen LogP contribution in [0.2, 0.25) is 0 Å². The van der Waals surface area contributed by atoms with Crippen molar-refractivity contribution in [2.24, 2.45) is 0 Å². The van der Waals surface area contributed by atoms with Crippen LogP contribution in [0.15, 0.2) is 37.4 Å². The second-order valence-electron chi connectivity index (χ2n) is 7.29. The van der Waals surface area contributed by atoms with E-state index in [1.165, 1.54) is 17.8 Å². The number of allylic oxidation sites excluding steroid dienone is 1. The molecular weight excluding hydrogens is 470 g/mol. The van der Waals surface area contributed by atoms with Crippen molar-refractivity contribution in [1.29, 1.82) is 0 Å². The Morgan fingerprint density at radius 3 is 2.03 bits per heavy atom. The molecule has 14 heteroatoms. The minimum atomic E-state index is -1.11. The highest BCUT2D eigenvalue weighted by Crippen LogP contribution is 2.20. The Balaban J connectivity index is 2.32. The zero-order chi connectivity index (χ0) is 24.7. The standard InChI is InChI=1S/C19H29N7O5S2/c1-6-8-24-17(29)25(9-12(27)7-2)19(31)26(18(24)30)10-13(28)11-33-16-21-14(23(3)4)20-15(22-16)32-5/h6,12-13,27-28H,1,7-11H2,2-5H3. The average molecular weight is 500 g/mol. The average Bonchev–Trinajstić information content (AvgIpc) is 2.80. The molecule has 2 unspecified atom stereocenters. The van der Waals surface area contributed by atoms with Gasteiger partial charge in [-0.25, -0.2) is 28.1 Å². The van der Waals surface area contributed by atoms with Crippen LogP contribution < -0.4 is 22.0 Å². The zero-order valence-electron chi connectivity index (χ0n) is 19.0. The van der Waals surface area contributed by atoms with E-state index in [0.29, 0.717) is 22.7 Å². The molecule has 2 atom stereocenters. The molecule has 0 aromatic carbocycles. The second kappa shape index (κ2) is 12.2. The molecule has 33 heavy (non-hydrogen) atoms. The lowest BCUT2D eigenvalue weighted by Crippen LogP contribution is -2.56. The maximum Gasteiger partial charge on any atom is 0.336 e. The van der Waals surface area contributed by atoms with Crippen molar-refractivity contribution in [1.82, 2.24) is 28.7 Å². The first-order valence-corrected chi connectivity index (χ1v) is 12.4. The van der Waals surface area contributed by atoms with Gasteiger partial charge in [0, 0.05) is 19.8 Å². The molecule has 0 saturated heterocycles. The summed E-state index contributed by atoms with van der Waals surface area (Å²) in [5, 5.41) is 21.4.